The van der Waals surface area contributed by atoms with Crippen molar-refractivity contribution < 1.29 is 0 Å². The Morgan fingerprint density at radius 1 is 0.875 bits per heavy atom. The van der Waals surface area contributed by atoms with E-state index in [0.717, 1.165) is 60.9 Å². The molecule has 0 saturated heterocycles. The van der Waals surface area contributed by atoms with Crippen molar-refractivity contribution in [2.75, 3.05) is 13.1 Å². The fraction of sp³-hybridized carbons (Fsp3) is 0.733. The van der Waals surface area contributed by atoms with Crippen molar-refractivity contribution >= 4 is 6.21 Å². The van der Waals surface area contributed by atoms with E-state index in [9.17, 15) is 0 Å². The van der Waals surface area contributed by atoms with Gasteiger partial charge in [-0.2, -0.15) is 0 Å². The molecule has 5 aliphatic rings. The number of hydrogen-bond donors (Lipinski definition) is 1. The van der Waals surface area contributed by atoms with Gasteiger partial charge in [0.2, 0.25) is 0 Å². The summed E-state index contributed by atoms with van der Waals surface area (Å²) in [4.78, 5) is 4.47. The summed E-state index contributed by atoms with van der Waals surface area (Å²) in [6, 6.07) is 0. The van der Waals surface area contributed by atoms with Gasteiger partial charge in [0, 0.05) is 24.6 Å². The summed E-state index contributed by atoms with van der Waals surface area (Å²) in [5, 5.41) is 0. The van der Waals surface area contributed by atoms with Crippen LogP contribution < -0.4 is 5.73 Å². The first kappa shape index (κ1) is 22.4. The van der Waals surface area contributed by atoms with Gasteiger partial charge in [0.1, 0.15) is 0 Å². The van der Waals surface area contributed by atoms with E-state index in [0.29, 0.717) is 11.8 Å². The van der Waals surface area contributed by atoms with Gasteiger partial charge in [-0.05, 0) is 117 Å². The van der Waals surface area contributed by atoms with Gasteiger partial charge in [0.15, 0.2) is 0 Å². The molecule has 0 amide bonds. The van der Waals surface area contributed by atoms with E-state index < -0.39 is 0 Å². The predicted octanol–water partition coefficient (Wildman–Crippen LogP) is 6.74. The van der Waals surface area contributed by atoms with E-state index in [1.165, 1.54) is 57.8 Å². The molecule has 1 fully saturated rings. The average molecular weight is 433 g/mol. The molecule has 4 aliphatic carbocycles. The summed E-state index contributed by atoms with van der Waals surface area (Å²) in [6.07, 6.45) is 28.6. The largest absolute Gasteiger partial charge is 0.330 e. The van der Waals surface area contributed by atoms with E-state index in [1.54, 1.807) is 5.57 Å². The Labute approximate surface area is 196 Å². The number of rotatable bonds is 7. The van der Waals surface area contributed by atoms with Crippen LogP contribution in [0.3, 0.4) is 0 Å². The van der Waals surface area contributed by atoms with E-state index in [2.05, 4.69) is 54.2 Å². The van der Waals surface area contributed by atoms with Gasteiger partial charge in [0.25, 0.3) is 0 Å². The van der Waals surface area contributed by atoms with Crippen LogP contribution in [-0.2, 0) is 0 Å². The molecular weight excluding hydrogens is 388 g/mol. The summed E-state index contributed by atoms with van der Waals surface area (Å²) in [5.74, 6) is 6.93. The third-order valence-corrected chi connectivity index (χ3v) is 9.65. The zero-order valence-electron chi connectivity index (χ0n) is 20.2. The first-order chi connectivity index (χ1) is 15.7. The molecule has 5 rings (SSSR count). The molecule has 0 aromatic rings. The Bertz CT molecular complexity index is 798. The minimum absolute atomic E-state index is 0.620. The Morgan fingerprint density at radius 3 is 2.09 bits per heavy atom. The van der Waals surface area contributed by atoms with Gasteiger partial charge < -0.3 is 5.73 Å². The van der Waals surface area contributed by atoms with Gasteiger partial charge in [-0.25, -0.2) is 0 Å². The van der Waals surface area contributed by atoms with Crippen LogP contribution in [0.4, 0.5) is 0 Å². The molecule has 174 valence electrons. The first-order valence-corrected chi connectivity index (χ1v) is 13.8. The topological polar surface area (TPSA) is 38.4 Å². The second kappa shape index (κ2) is 10.3. The molecule has 9 atom stereocenters. The molecule has 0 radical (unpaired) electrons. The molecule has 2 N–H and O–H groups in total. The minimum atomic E-state index is 0.620. The van der Waals surface area contributed by atoms with E-state index in [1.807, 2.05) is 0 Å². The molecule has 32 heavy (non-hydrogen) atoms. The minimum Gasteiger partial charge on any atom is -0.330 e. The van der Waals surface area contributed by atoms with Crippen LogP contribution in [0.25, 0.3) is 0 Å². The monoisotopic (exact) mass is 432 g/mol. The lowest BCUT2D eigenvalue weighted by atomic mass is 9.64. The number of hydrogen-bond acceptors (Lipinski definition) is 2. The van der Waals surface area contributed by atoms with Gasteiger partial charge >= 0.3 is 0 Å². The highest BCUT2D eigenvalue weighted by Crippen LogP contribution is 2.47. The smallest absolute Gasteiger partial charge is 0.0391 e. The normalized spacial score (nSPS) is 42.0. The Hall–Kier alpha value is -1.37. The lowest BCUT2D eigenvalue weighted by Gasteiger charge is -2.41. The van der Waals surface area contributed by atoms with E-state index in [-0.39, 0.29) is 0 Å². The Balaban J connectivity index is 1.13. The molecule has 2 nitrogen and oxygen atoms in total. The maximum absolute atomic E-state index is 5.82. The molecule has 1 saturated carbocycles. The molecule has 9 unspecified atom stereocenters. The Kier molecular flexibility index (Phi) is 7.20. The molecule has 0 spiro atoms. The van der Waals surface area contributed by atoms with Crippen LogP contribution in [0.1, 0.15) is 71.1 Å². The fourth-order valence-electron chi connectivity index (χ4n) is 7.55. The maximum atomic E-state index is 5.82. The summed E-state index contributed by atoms with van der Waals surface area (Å²) >= 11 is 0. The van der Waals surface area contributed by atoms with Crippen molar-refractivity contribution in [1.82, 2.24) is 0 Å². The molecule has 2 heteroatoms. The van der Waals surface area contributed by atoms with Gasteiger partial charge in [-0.3, -0.25) is 4.99 Å². The second-order valence-electron chi connectivity index (χ2n) is 11.5. The number of nitrogens with two attached hydrogens (primary N) is 1. The molecule has 1 heterocycles. The van der Waals surface area contributed by atoms with Crippen molar-refractivity contribution in [2.45, 2.75) is 71.1 Å². The lowest BCUT2D eigenvalue weighted by Crippen LogP contribution is -2.31. The summed E-state index contributed by atoms with van der Waals surface area (Å²) < 4.78 is 0. The third kappa shape index (κ3) is 4.78. The maximum Gasteiger partial charge on any atom is 0.0391 e. The second-order valence-corrected chi connectivity index (χ2v) is 11.5. The van der Waals surface area contributed by atoms with Gasteiger partial charge in [-0.15, -0.1) is 5.73 Å². The quantitative estimate of drug-likeness (QED) is 0.351. The van der Waals surface area contributed by atoms with E-state index in [4.69, 9.17) is 5.73 Å². The van der Waals surface area contributed by atoms with E-state index >= 15 is 0 Å². The SMILES string of the molecule is CC(CCN)C1=C=CC1C1CCCC(C2C=CC(C3C=CC(C4C=NCC4)CC3)CC2)C1. The van der Waals surface area contributed by atoms with Crippen molar-refractivity contribution in [3.05, 3.63) is 41.7 Å². The highest BCUT2D eigenvalue weighted by molar-refractivity contribution is 5.63. The summed E-state index contributed by atoms with van der Waals surface area (Å²) in [7, 11) is 0. The van der Waals surface area contributed by atoms with Crippen LogP contribution in [-0.4, -0.2) is 19.3 Å². The van der Waals surface area contributed by atoms with Crippen LogP contribution in [0.5, 0.6) is 0 Å². The zero-order valence-corrected chi connectivity index (χ0v) is 20.2. The molecular formula is C30H44N2. The molecule has 0 aromatic heterocycles. The highest BCUT2D eigenvalue weighted by atomic mass is 14.7. The number of allylic oxidation sites excluding steroid dienone is 5. The van der Waals surface area contributed by atoms with Crippen molar-refractivity contribution in [2.24, 2.45) is 64.0 Å². The molecule has 1 aliphatic heterocycles. The highest BCUT2D eigenvalue weighted by Gasteiger charge is 2.36. The number of aliphatic imine (C=N–C) groups is 1. The van der Waals surface area contributed by atoms with Gasteiger partial charge in [-0.1, -0.05) is 37.6 Å². The zero-order chi connectivity index (χ0) is 21.9. The molecule has 0 bridgehead atoms. The van der Waals surface area contributed by atoms with Crippen molar-refractivity contribution in [1.29, 1.82) is 0 Å². The Morgan fingerprint density at radius 2 is 1.53 bits per heavy atom. The third-order valence-electron chi connectivity index (χ3n) is 9.65. The lowest BCUT2D eigenvalue weighted by molar-refractivity contribution is 0.173. The fourth-order valence-corrected chi connectivity index (χ4v) is 7.55. The van der Waals surface area contributed by atoms with Crippen molar-refractivity contribution in [3.8, 4) is 0 Å². The van der Waals surface area contributed by atoms with Gasteiger partial charge in [0.05, 0.1) is 0 Å². The summed E-state index contributed by atoms with van der Waals surface area (Å²) in [6.45, 7) is 4.20. The van der Waals surface area contributed by atoms with Crippen LogP contribution in [0, 0.1) is 53.3 Å². The van der Waals surface area contributed by atoms with Crippen LogP contribution in [0.2, 0.25) is 0 Å². The number of nitrogens with zero attached hydrogens (tertiary/aromatic N) is 1. The summed E-state index contributed by atoms with van der Waals surface area (Å²) in [5.41, 5.74) is 10.9. The van der Waals surface area contributed by atoms with Crippen molar-refractivity contribution in [3.63, 3.8) is 0 Å². The standard InChI is InChI=1S/C30H44N2/c1-21(15-17-31)29-13-14-30(29)27-4-2-3-26(19-27)24-9-5-22(6-10-24)23-7-11-25(12-8-23)28-16-18-32-20-28/h5,7,9,11,14,20-28,30H,2-4,6,8,10,12,15-19,31H2,1H3. The van der Waals surface area contributed by atoms with Crippen LogP contribution in [0.15, 0.2) is 46.7 Å². The molecule has 0 aromatic carbocycles. The van der Waals surface area contributed by atoms with Crippen LogP contribution >= 0.6 is 0 Å². The first-order valence-electron chi connectivity index (χ1n) is 13.8. The predicted molar refractivity (Wildman–Crippen MR) is 136 cm³/mol. The average Bonchev–Trinajstić information content (AvgIpc) is 3.34.